The minimum absolute atomic E-state index is 0.154. The van der Waals surface area contributed by atoms with Gasteiger partial charge in [0.2, 0.25) is 0 Å². The van der Waals surface area contributed by atoms with E-state index in [0.29, 0.717) is 23.2 Å². The molecule has 0 atom stereocenters. The zero-order valence-electron chi connectivity index (χ0n) is 16.5. The van der Waals surface area contributed by atoms with Crippen molar-refractivity contribution in [2.75, 3.05) is 0 Å². The van der Waals surface area contributed by atoms with Crippen LogP contribution >= 0.6 is 0 Å². The molecule has 2 aromatic carbocycles. The molecule has 0 aliphatic rings. The van der Waals surface area contributed by atoms with Gasteiger partial charge >= 0.3 is 12.1 Å². The molecule has 4 rings (SSSR count). The summed E-state index contributed by atoms with van der Waals surface area (Å²) in [6, 6.07) is 16.0. The highest BCUT2D eigenvalue weighted by Gasteiger charge is 2.33. The highest BCUT2D eigenvalue weighted by atomic mass is 19.4. The predicted molar refractivity (Wildman–Crippen MR) is 110 cm³/mol. The Bertz CT molecular complexity index is 1300. The summed E-state index contributed by atoms with van der Waals surface area (Å²) in [6.07, 6.45) is -3.90. The molecule has 0 bridgehead atoms. The van der Waals surface area contributed by atoms with Crippen molar-refractivity contribution in [3.63, 3.8) is 0 Å². The fourth-order valence-electron chi connectivity index (χ4n) is 3.36. The lowest BCUT2D eigenvalue weighted by Crippen LogP contribution is -2.18. The van der Waals surface area contributed by atoms with Crippen molar-refractivity contribution in [2.24, 2.45) is 0 Å². The van der Waals surface area contributed by atoms with Gasteiger partial charge in [-0.25, -0.2) is 4.79 Å². The molecule has 0 saturated heterocycles. The van der Waals surface area contributed by atoms with Gasteiger partial charge in [0, 0.05) is 11.6 Å². The fourth-order valence-corrected chi connectivity index (χ4v) is 3.36. The van der Waals surface area contributed by atoms with E-state index in [1.807, 2.05) is 11.2 Å². The fraction of sp³-hybridized carbons (Fsp3) is 0.136. The first-order valence-electron chi connectivity index (χ1n) is 9.58. The van der Waals surface area contributed by atoms with E-state index >= 15 is 0 Å². The van der Waals surface area contributed by atoms with Crippen molar-refractivity contribution in [1.82, 2.24) is 20.0 Å². The summed E-state index contributed by atoms with van der Waals surface area (Å²) >= 11 is 0. The van der Waals surface area contributed by atoms with E-state index in [9.17, 15) is 22.8 Å². The number of H-pyrrole nitrogens is 2. The standard InChI is InChI=1S/C22H17F3N4O3/c23-22(24,25)17-12-18(27-26-17)29-20(30)16(19(28-29)14-4-2-1-3-5-14)11-8-13-6-9-15(10-7-13)21(31)32/h1-7,9-10,12,28H,8,11H2,(H,26,27)(H,31,32). The molecule has 2 heterocycles. The zero-order valence-corrected chi connectivity index (χ0v) is 16.5. The van der Waals surface area contributed by atoms with Crippen LogP contribution in [0.4, 0.5) is 13.2 Å². The Hall–Kier alpha value is -4.08. The van der Waals surface area contributed by atoms with E-state index in [2.05, 4.69) is 10.2 Å². The maximum atomic E-state index is 13.1. The Kier molecular flexibility index (Phi) is 5.43. The molecule has 0 fully saturated rings. The lowest BCUT2D eigenvalue weighted by molar-refractivity contribution is -0.141. The molecule has 0 aliphatic heterocycles. The molecular formula is C22H17F3N4O3. The molecule has 0 unspecified atom stereocenters. The number of nitrogens with one attached hydrogen (secondary N) is 2. The Morgan fingerprint density at radius 3 is 2.31 bits per heavy atom. The number of aromatic amines is 2. The van der Waals surface area contributed by atoms with Crippen LogP contribution in [0.3, 0.4) is 0 Å². The number of aromatic nitrogens is 4. The number of carbonyl (C=O) groups is 1. The number of halogens is 3. The molecule has 0 aliphatic carbocycles. The number of aromatic carboxylic acids is 1. The SMILES string of the molecule is O=C(O)c1ccc(CCc2c(-c3ccccc3)[nH]n(-c3cc(C(F)(F)F)[nH]n3)c2=O)cc1. The molecule has 32 heavy (non-hydrogen) atoms. The predicted octanol–water partition coefficient (Wildman–Crippen LogP) is 4.06. The Morgan fingerprint density at radius 1 is 1.03 bits per heavy atom. The molecule has 2 aromatic heterocycles. The number of nitrogens with zero attached hydrogens (tertiary/aromatic N) is 2. The topological polar surface area (TPSA) is 104 Å². The van der Waals surface area contributed by atoms with Crippen molar-refractivity contribution >= 4 is 5.97 Å². The molecule has 7 nitrogen and oxygen atoms in total. The third kappa shape index (κ3) is 4.20. The van der Waals surface area contributed by atoms with Gasteiger partial charge in [-0.2, -0.15) is 23.0 Å². The second-order valence-corrected chi connectivity index (χ2v) is 7.11. The van der Waals surface area contributed by atoms with E-state index in [-0.39, 0.29) is 17.8 Å². The molecule has 10 heteroatoms. The van der Waals surface area contributed by atoms with Crippen LogP contribution < -0.4 is 5.56 Å². The third-order valence-corrected chi connectivity index (χ3v) is 5.01. The number of carboxylic acid groups (broad SMARTS) is 1. The van der Waals surface area contributed by atoms with E-state index < -0.39 is 23.4 Å². The van der Waals surface area contributed by atoms with Gasteiger partial charge in [0.05, 0.1) is 11.3 Å². The number of benzene rings is 2. The van der Waals surface area contributed by atoms with Crippen LogP contribution in [0, 0.1) is 0 Å². The van der Waals surface area contributed by atoms with Gasteiger partial charge in [-0.3, -0.25) is 15.0 Å². The van der Waals surface area contributed by atoms with Crippen molar-refractivity contribution in [2.45, 2.75) is 19.0 Å². The average Bonchev–Trinajstić information content (AvgIpc) is 3.38. The van der Waals surface area contributed by atoms with Crippen LogP contribution in [0.5, 0.6) is 0 Å². The summed E-state index contributed by atoms with van der Waals surface area (Å²) in [5.74, 6) is -1.23. The molecule has 4 aromatic rings. The molecule has 0 radical (unpaired) electrons. The molecule has 0 amide bonds. The smallest absolute Gasteiger partial charge is 0.432 e. The molecule has 0 spiro atoms. The van der Waals surface area contributed by atoms with Crippen LogP contribution in [0.2, 0.25) is 0 Å². The van der Waals surface area contributed by atoms with E-state index in [4.69, 9.17) is 5.11 Å². The normalized spacial score (nSPS) is 11.6. The van der Waals surface area contributed by atoms with Gasteiger partial charge in [-0.1, -0.05) is 42.5 Å². The average molecular weight is 442 g/mol. The minimum atomic E-state index is -4.62. The third-order valence-electron chi connectivity index (χ3n) is 5.01. The second-order valence-electron chi connectivity index (χ2n) is 7.11. The number of rotatable bonds is 6. The minimum Gasteiger partial charge on any atom is -0.478 e. The first-order valence-corrected chi connectivity index (χ1v) is 9.58. The van der Waals surface area contributed by atoms with Crippen molar-refractivity contribution < 1.29 is 23.1 Å². The first-order chi connectivity index (χ1) is 15.2. The van der Waals surface area contributed by atoms with Gasteiger partial charge in [0.25, 0.3) is 5.56 Å². The van der Waals surface area contributed by atoms with Crippen molar-refractivity contribution in [3.05, 3.63) is 93.4 Å². The second kappa shape index (κ2) is 8.22. The highest BCUT2D eigenvalue weighted by molar-refractivity contribution is 5.87. The quantitative estimate of drug-likeness (QED) is 0.419. The van der Waals surface area contributed by atoms with E-state index in [0.717, 1.165) is 16.3 Å². The maximum absolute atomic E-state index is 13.1. The van der Waals surface area contributed by atoms with Crippen LogP contribution in [-0.4, -0.2) is 31.1 Å². The molecule has 0 saturated carbocycles. The van der Waals surface area contributed by atoms with Gasteiger partial charge < -0.3 is 5.11 Å². The number of aryl methyl sites for hydroxylation is 1. The van der Waals surface area contributed by atoms with Crippen LogP contribution in [0.1, 0.15) is 27.2 Å². The number of hydrogen-bond donors (Lipinski definition) is 3. The highest BCUT2D eigenvalue weighted by Crippen LogP contribution is 2.28. The van der Waals surface area contributed by atoms with Gasteiger partial charge in [-0.05, 0) is 36.1 Å². The van der Waals surface area contributed by atoms with Crippen LogP contribution in [-0.2, 0) is 19.0 Å². The van der Waals surface area contributed by atoms with E-state index in [1.165, 1.54) is 12.1 Å². The number of hydrogen-bond acceptors (Lipinski definition) is 3. The summed E-state index contributed by atoms with van der Waals surface area (Å²) in [6.45, 7) is 0. The van der Waals surface area contributed by atoms with Crippen molar-refractivity contribution in [3.8, 4) is 17.1 Å². The largest absolute Gasteiger partial charge is 0.478 e. The molecular weight excluding hydrogens is 425 g/mol. The van der Waals surface area contributed by atoms with Gasteiger partial charge in [-0.15, -0.1) is 0 Å². The first kappa shape index (κ1) is 21.2. The Balaban J connectivity index is 1.71. The molecule has 164 valence electrons. The Labute approximate surface area is 179 Å². The van der Waals surface area contributed by atoms with Gasteiger partial charge in [0.15, 0.2) is 5.82 Å². The number of carboxylic acids is 1. The number of alkyl halides is 3. The Morgan fingerprint density at radius 2 is 1.72 bits per heavy atom. The lowest BCUT2D eigenvalue weighted by atomic mass is 10.0. The summed E-state index contributed by atoms with van der Waals surface area (Å²) in [5, 5.41) is 17.4. The summed E-state index contributed by atoms with van der Waals surface area (Å²) in [7, 11) is 0. The van der Waals surface area contributed by atoms with Crippen LogP contribution in [0.15, 0.2) is 65.5 Å². The van der Waals surface area contributed by atoms with Crippen LogP contribution in [0.25, 0.3) is 17.1 Å². The van der Waals surface area contributed by atoms with E-state index in [1.54, 1.807) is 36.4 Å². The lowest BCUT2D eigenvalue weighted by Gasteiger charge is -2.04. The summed E-state index contributed by atoms with van der Waals surface area (Å²) < 4.78 is 39.8. The zero-order chi connectivity index (χ0) is 22.9. The maximum Gasteiger partial charge on any atom is 0.432 e. The molecule has 3 N–H and O–H groups in total. The van der Waals surface area contributed by atoms with Crippen molar-refractivity contribution in [1.29, 1.82) is 0 Å². The summed E-state index contributed by atoms with van der Waals surface area (Å²) in [5.41, 5.74) is 0.971. The van der Waals surface area contributed by atoms with Gasteiger partial charge in [0.1, 0.15) is 5.69 Å². The monoisotopic (exact) mass is 442 g/mol. The summed E-state index contributed by atoms with van der Waals surface area (Å²) in [4.78, 5) is 24.1.